The summed E-state index contributed by atoms with van der Waals surface area (Å²) in [4.78, 5) is 13.3. The fourth-order valence-corrected chi connectivity index (χ4v) is 2.61. The highest BCUT2D eigenvalue weighted by molar-refractivity contribution is 9.10. The number of ether oxygens (including phenoxy) is 1. The number of morpholine rings is 1. The molecule has 0 aliphatic carbocycles. The number of hydrogen-bond donors (Lipinski definition) is 1. The van der Waals surface area contributed by atoms with E-state index >= 15 is 0 Å². The van der Waals surface area contributed by atoms with Crippen LogP contribution < -0.4 is 5.32 Å². The maximum absolute atomic E-state index is 11.0. The van der Waals surface area contributed by atoms with Gasteiger partial charge in [0.05, 0.1) is 22.8 Å². The van der Waals surface area contributed by atoms with Crippen LogP contribution in [0.25, 0.3) is 0 Å². The molecular formula is C11H15BrN4O2. The van der Waals surface area contributed by atoms with Gasteiger partial charge in [-0.3, -0.25) is 14.4 Å². The Morgan fingerprint density at radius 1 is 1.56 bits per heavy atom. The molecule has 2 fully saturated rings. The van der Waals surface area contributed by atoms with Gasteiger partial charge in [0.1, 0.15) is 6.61 Å². The fraction of sp³-hybridized carbons (Fsp3) is 0.636. The van der Waals surface area contributed by atoms with Crippen LogP contribution in [0.2, 0.25) is 0 Å². The molecule has 0 radical (unpaired) electrons. The third-order valence-electron chi connectivity index (χ3n) is 3.32. The third-order valence-corrected chi connectivity index (χ3v) is 3.73. The van der Waals surface area contributed by atoms with E-state index in [2.05, 4.69) is 31.2 Å². The lowest BCUT2D eigenvalue weighted by Crippen LogP contribution is -2.54. The van der Waals surface area contributed by atoms with Gasteiger partial charge < -0.3 is 10.1 Å². The Balaban J connectivity index is 1.44. The zero-order chi connectivity index (χ0) is 12.5. The molecule has 1 aromatic heterocycles. The van der Waals surface area contributed by atoms with E-state index in [0.717, 1.165) is 24.1 Å². The zero-order valence-electron chi connectivity index (χ0n) is 9.88. The average molecular weight is 315 g/mol. The van der Waals surface area contributed by atoms with Gasteiger partial charge in [-0.15, -0.1) is 0 Å². The van der Waals surface area contributed by atoms with Gasteiger partial charge in [0, 0.05) is 32.4 Å². The van der Waals surface area contributed by atoms with E-state index in [9.17, 15) is 4.79 Å². The number of carbonyl (C=O) groups excluding carboxylic acids is 1. The van der Waals surface area contributed by atoms with E-state index in [1.807, 2.05) is 17.1 Å². The molecule has 1 aromatic rings. The highest BCUT2D eigenvalue weighted by atomic mass is 79.9. The van der Waals surface area contributed by atoms with Gasteiger partial charge in [-0.1, -0.05) is 0 Å². The van der Waals surface area contributed by atoms with Gasteiger partial charge in [0.25, 0.3) is 0 Å². The number of hydrogen-bond acceptors (Lipinski definition) is 4. The Bertz CT molecular complexity index is 434. The van der Waals surface area contributed by atoms with Crippen LogP contribution in [0.3, 0.4) is 0 Å². The van der Waals surface area contributed by atoms with Gasteiger partial charge in [0.2, 0.25) is 5.91 Å². The van der Waals surface area contributed by atoms with Crippen molar-refractivity contribution in [3.63, 3.8) is 0 Å². The van der Waals surface area contributed by atoms with Crippen molar-refractivity contribution >= 4 is 21.8 Å². The monoisotopic (exact) mass is 314 g/mol. The summed E-state index contributed by atoms with van der Waals surface area (Å²) in [5, 5.41) is 7.10. The first-order valence-electron chi connectivity index (χ1n) is 6.01. The van der Waals surface area contributed by atoms with E-state index in [4.69, 9.17) is 4.74 Å². The molecular weight excluding hydrogens is 300 g/mol. The second kappa shape index (κ2) is 4.99. The smallest absolute Gasteiger partial charge is 0.246 e. The molecule has 1 amide bonds. The van der Waals surface area contributed by atoms with Crippen molar-refractivity contribution in [1.29, 1.82) is 0 Å². The molecule has 1 N–H and O–H groups in total. The SMILES string of the molecule is O=C1COC(CN2CC(n3cc(Br)cn3)C2)CN1. The first kappa shape index (κ1) is 12.1. The number of rotatable bonds is 3. The molecule has 3 rings (SSSR count). The Morgan fingerprint density at radius 2 is 2.39 bits per heavy atom. The van der Waals surface area contributed by atoms with Crippen LogP contribution in [-0.4, -0.2) is 59.5 Å². The van der Waals surface area contributed by atoms with Crippen LogP contribution in [-0.2, 0) is 9.53 Å². The summed E-state index contributed by atoms with van der Waals surface area (Å²) in [6, 6.07) is 0.453. The molecule has 0 bridgehead atoms. The lowest BCUT2D eigenvalue weighted by molar-refractivity contribution is -0.134. The molecule has 18 heavy (non-hydrogen) atoms. The molecule has 0 aromatic carbocycles. The van der Waals surface area contributed by atoms with Crippen molar-refractivity contribution in [3.05, 3.63) is 16.9 Å². The lowest BCUT2D eigenvalue weighted by Gasteiger charge is -2.41. The summed E-state index contributed by atoms with van der Waals surface area (Å²) in [5.74, 6) is -0.0193. The van der Waals surface area contributed by atoms with Crippen molar-refractivity contribution in [2.24, 2.45) is 0 Å². The molecule has 2 saturated heterocycles. The maximum atomic E-state index is 11.0. The highest BCUT2D eigenvalue weighted by Gasteiger charge is 2.31. The van der Waals surface area contributed by atoms with Gasteiger partial charge >= 0.3 is 0 Å². The fourth-order valence-electron chi connectivity index (χ4n) is 2.31. The summed E-state index contributed by atoms with van der Waals surface area (Å²) >= 11 is 3.40. The van der Waals surface area contributed by atoms with Crippen LogP contribution in [0, 0.1) is 0 Å². The average Bonchev–Trinajstić information content (AvgIpc) is 2.72. The van der Waals surface area contributed by atoms with E-state index in [1.165, 1.54) is 0 Å². The molecule has 7 heteroatoms. The van der Waals surface area contributed by atoms with E-state index in [0.29, 0.717) is 12.6 Å². The topological polar surface area (TPSA) is 59.4 Å². The predicted molar refractivity (Wildman–Crippen MR) is 68.2 cm³/mol. The van der Waals surface area contributed by atoms with Crippen molar-refractivity contribution in [2.75, 3.05) is 32.8 Å². The Morgan fingerprint density at radius 3 is 3.00 bits per heavy atom. The van der Waals surface area contributed by atoms with Crippen molar-refractivity contribution in [3.8, 4) is 0 Å². The van der Waals surface area contributed by atoms with E-state index in [1.54, 1.807) is 0 Å². The Labute approximate surface area is 113 Å². The van der Waals surface area contributed by atoms with Gasteiger partial charge in [-0.2, -0.15) is 5.10 Å². The van der Waals surface area contributed by atoms with Crippen LogP contribution in [0.4, 0.5) is 0 Å². The number of nitrogens with zero attached hydrogens (tertiary/aromatic N) is 3. The van der Waals surface area contributed by atoms with Crippen LogP contribution >= 0.6 is 15.9 Å². The molecule has 6 nitrogen and oxygen atoms in total. The first-order valence-corrected chi connectivity index (χ1v) is 6.80. The minimum absolute atomic E-state index is 0.0193. The minimum Gasteiger partial charge on any atom is -0.365 e. The number of halogens is 1. The highest BCUT2D eigenvalue weighted by Crippen LogP contribution is 2.22. The molecule has 0 spiro atoms. The largest absolute Gasteiger partial charge is 0.365 e. The summed E-state index contributed by atoms with van der Waals surface area (Å²) < 4.78 is 8.46. The van der Waals surface area contributed by atoms with E-state index < -0.39 is 0 Å². The van der Waals surface area contributed by atoms with Crippen LogP contribution in [0.1, 0.15) is 6.04 Å². The number of nitrogens with one attached hydrogen (secondary N) is 1. The summed E-state index contributed by atoms with van der Waals surface area (Å²) in [6.45, 7) is 3.66. The molecule has 1 atom stereocenters. The number of aromatic nitrogens is 2. The van der Waals surface area contributed by atoms with Crippen LogP contribution in [0.5, 0.6) is 0 Å². The molecule has 2 aliphatic heterocycles. The van der Waals surface area contributed by atoms with Crippen molar-refractivity contribution in [2.45, 2.75) is 12.1 Å². The van der Waals surface area contributed by atoms with Gasteiger partial charge in [0.15, 0.2) is 0 Å². The predicted octanol–water partition coefficient (Wildman–Crippen LogP) is 0.0173. The molecule has 3 heterocycles. The number of carbonyl (C=O) groups is 1. The molecule has 0 saturated carbocycles. The number of amides is 1. The van der Waals surface area contributed by atoms with Crippen molar-refractivity contribution < 1.29 is 9.53 Å². The maximum Gasteiger partial charge on any atom is 0.246 e. The quantitative estimate of drug-likeness (QED) is 0.854. The Kier molecular flexibility index (Phi) is 3.36. The second-order valence-electron chi connectivity index (χ2n) is 4.75. The molecule has 98 valence electrons. The van der Waals surface area contributed by atoms with Crippen molar-refractivity contribution in [1.82, 2.24) is 20.0 Å². The van der Waals surface area contributed by atoms with Crippen LogP contribution in [0.15, 0.2) is 16.9 Å². The zero-order valence-corrected chi connectivity index (χ0v) is 11.5. The Hall–Kier alpha value is -0.920. The lowest BCUT2D eigenvalue weighted by atomic mass is 10.1. The molecule has 2 aliphatic rings. The molecule has 1 unspecified atom stereocenters. The standard InChI is InChI=1S/C11H15BrN4O2/c12-8-1-14-16(3-8)9-4-15(5-9)6-10-2-13-11(17)7-18-10/h1,3,9-10H,2,4-7H2,(H,13,17). The first-order chi connectivity index (χ1) is 8.70. The minimum atomic E-state index is -0.0193. The summed E-state index contributed by atoms with van der Waals surface area (Å²) in [5.41, 5.74) is 0. The second-order valence-corrected chi connectivity index (χ2v) is 5.66. The van der Waals surface area contributed by atoms with Gasteiger partial charge in [-0.25, -0.2) is 0 Å². The van der Waals surface area contributed by atoms with Gasteiger partial charge in [-0.05, 0) is 15.9 Å². The number of likely N-dealkylation sites (tertiary alicyclic amines) is 1. The normalized spacial score (nSPS) is 25.8. The summed E-state index contributed by atoms with van der Waals surface area (Å²) in [6.07, 6.45) is 3.93. The summed E-state index contributed by atoms with van der Waals surface area (Å²) in [7, 11) is 0. The van der Waals surface area contributed by atoms with E-state index in [-0.39, 0.29) is 18.6 Å². The third kappa shape index (κ3) is 2.57.